The number of amides is 1. The molecule has 0 fully saturated rings. The van der Waals surface area contributed by atoms with Gasteiger partial charge in [0, 0.05) is 32.6 Å². The van der Waals surface area contributed by atoms with Crippen LogP contribution in [-0.4, -0.2) is 48.0 Å². The molecule has 112 valence electrons. The lowest BCUT2D eigenvalue weighted by Crippen LogP contribution is -2.29. The number of carbonyl (C=O) groups excluding carboxylic acids is 1. The second-order valence-corrected chi connectivity index (χ2v) is 5.22. The molecule has 1 aromatic rings. The zero-order valence-corrected chi connectivity index (χ0v) is 13.0. The maximum Gasteiger partial charge on any atom is 0.241 e. The molecule has 0 spiro atoms. The lowest BCUT2D eigenvalue weighted by Gasteiger charge is -2.14. The highest BCUT2D eigenvalue weighted by atomic mass is 16.2. The Morgan fingerprint density at radius 3 is 2.35 bits per heavy atom. The van der Waals surface area contributed by atoms with E-state index in [1.54, 1.807) is 19.0 Å². The van der Waals surface area contributed by atoms with Gasteiger partial charge in [0.05, 0.1) is 6.54 Å². The van der Waals surface area contributed by atoms with Crippen LogP contribution in [0.4, 0.5) is 11.6 Å². The molecule has 1 heterocycles. The third-order valence-electron chi connectivity index (χ3n) is 2.74. The Balaban J connectivity index is 2.82. The molecule has 0 aliphatic rings. The Hall–Kier alpha value is -1.85. The summed E-state index contributed by atoms with van der Waals surface area (Å²) < 4.78 is 0. The van der Waals surface area contributed by atoms with E-state index in [-0.39, 0.29) is 18.4 Å². The van der Waals surface area contributed by atoms with E-state index >= 15 is 0 Å². The van der Waals surface area contributed by atoms with E-state index in [2.05, 4.69) is 27.5 Å². The van der Waals surface area contributed by atoms with Gasteiger partial charge >= 0.3 is 0 Å². The minimum atomic E-state index is 0.0118. The highest BCUT2D eigenvalue weighted by Crippen LogP contribution is 2.16. The van der Waals surface area contributed by atoms with Gasteiger partial charge in [-0.05, 0) is 6.42 Å². The van der Waals surface area contributed by atoms with E-state index in [9.17, 15) is 4.79 Å². The van der Waals surface area contributed by atoms with E-state index < -0.39 is 0 Å². The van der Waals surface area contributed by atoms with Crippen molar-refractivity contribution in [3.05, 3.63) is 11.9 Å². The first kappa shape index (κ1) is 16.2. The number of nitrogens with one attached hydrogen (secondary N) is 2. The number of carbonyl (C=O) groups is 1. The molecule has 1 amide bonds. The van der Waals surface area contributed by atoms with Crippen LogP contribution in [0, 0.1) is 0 Å². The van der Waals surface area contributed by atoms with Gasteiger partial charge in [-0.1, -0.05) is 20.8 Å². The first-order valence-electron chi connectivity index (χ1n) is 7.01. The van der Waals surface area contributed by atoms with Crippen molar-refractivity contribution in [2.24, 2.45) is 0 Å². The lowest BCUT2D eigenvalue weighted by molar-refractivity contribution is -0.126. The average molecular weight is 279 g/mol. The largest absolute Gasteiger partial charge is 0.370 e. The molecule has 0 aliphatic carbocycles. The third kappa shape index (κ3) is 5.03. The van der Waals surface area contributed by atoms with Crippen LogP contribution in [0.15, 0.2) is 6.07 Å². The van der Waals surface area contributed by atoms with Gasteiger partial charge in [-0.3, -0.25) is 4.79 Å². The van der Waals surface area contributed by atoms with Crippen molar-refractivity contribution in [1.29, 1.82) is 0 Å². The quantitative estimate of drug-likeness (QED) is 0.798. The molecule has 2 N–H and O–H groups in total. The lowest BCUT2D eigenvalue weighted by atomic mass is 10.2. The maximum absolute atomic E-state index is 11.6. The van der Waals surface area contributed by atoms with E-state index in [4.69, 9.17) is 0 Å². The number of hydrogen-bond acceptors (Lipinski definition) is 5. The van der Waals surface area contributed by atoms with Gasteiger partial charge in [-0.25, -0.2) is 9.97 Å². The van der Waals surface area contributed by atoms with Gasteiger partial charge in [-0.2, -0.15) is 0 Å². The van der Waals surface area contributed by atoms with Crippen LogP contribution >= 0.6 is 0 Å². The molecule has 0 unspecified atom stereocenters. The minimum absolute atomic E-state index is 0.0118. The molecule has 0 saturated heterocycles. The molecule has 0 bridgehead atoms. The summed E-state index contributed by atoms with van der Waals surface area (Å²) in [5.74, 6) is 2.50. The fourth-order valence-corrected chi connectivity index (χ4v) is 1.48. The summed E-state index contributed by atoms with van der Waals surface area (Å²) in [7, 11) is 3.47. The van der Waals surface area contributed by atoms with Crippen molar-refractivity contribution in [3.8, 4) is 0 Å². The summed E-state index contributed by atoms with van der Waals surface area (Å²) in [6.45, 7) is 7.30. The number of rotatable bonds is 7. The van der Waals surface area contributed by atoms with E-state index in [1.165, 1.54) is 0 Å². The summed E-state index contributed by atoms with van der Waals surface area (Å²) in [5, 5.41) is 6.31. The van der Waals surface area contributed by atoms with Gasteiger partial charge < -0.3 is 15.5 Å². The fourth-order valence-electron chi connectivity index (χ4n) is 1.48. The summed E-state index contributed by atoms with van der Waals surface area (Å²) in [6.07, 6.45) is 1.03. The predicted octanol–water partition coefficient (Wildman–Crippen LogP) is 1.92. The molecule has 6 heteroatoms. The topological polar surface area (TPSA) is 70.2 Å². The summed E-state index contributed by atoms with van der Waals surface area (Å²) in [4.78, 5) is 22.1. The van der Waals surface area contributed by atoms with Crippen molar-refractivity contribution in [2.45, 2.75) is 33.1 Å². The summed E-state index contributed by atoms with van der Waals surface area (Å²) in [6, 6.07) is 1.84. The van der Waals surface area contributed by atoms with Crippen molar-refractivity contribution in [1.82, 2.24) is 14.9 Å². The Morgan fingerprint density at radius 1 is 1.25 bits per heavy atom. The number of nitrogens with zero attached hydrogens (tertiary/aromatic N) is 3. The minimum Gasteiger partial charge on any atom is -0.370 e. The highest BCUT2D eigenvalue weighted by molar-refractivity contribution is 5.80. The van der Waals surface area contributed by atoms with Gasteiger partial charge in [0.2, 0.25) is 5.91 Å². The summed E-state index contributed by atoms with van der Waals surface area (Å²) >= 11 is 0. The van der Waals surface area contributed by atoms with Gasteiger partial charge in [0.1, 0.15) is 17.5 Å². The molecule has 20 heavy (non-hydrogen) atoms. The Morgan fingerprint density at radius 2 is 1.85 bits per heavy atom. The second-order valence-electron chi connectivity index (χ2n) is 5.22. The molecule has 1 aromatic heterocycles. The number of likely N-dealkylation sites (N-methyl/N-ethyl adjacent to an activating group) is 1. The third-order valence-corrected chi connectivity index (χ3v) is 2.74. The van der Waals surface area contributed by atoms with Crippen LogP contribution in [0.25, 0.3) is 0 Å². The molecule has 0 aromatic carbocycles. The van der Waals surface area contributed by atoms with E-state index in [0.29, 0.717) is 5.82 Å². The zero-order valence-electron chi connectivity index (χ0n) is 13.0. The second kappa shape index (κ2) is 7.67. The van der Waals surface area contributed by atoms with Crippen LogP contribution in [0.3, 0.4) is 0 Å². The monoisotopic (exact) mass is 279 g/mol. The molecule has 6 nitrogen and oxygen atoms in total. The number of hydrogen-bond donors (Lipinski definition) is 2. The Bertz CT molecular complexity index is 445. The van der Waals surface area contributed by atoms with E-state index in [1.807, 2.05) is 19.9 Å². The van der Waals surface area contributed by atoms with Crippen molar-refractivity contribution in [2.75, 3.05) is 37.8 Å². The molecule has 0 radical (unpaired) electrons. The molecular weight excluding hydrogens is 254 g/mol. The Labute approximate surface area is 121 Å². The average Bonchev–Trinajstić information content (AvgIpc) is 2.42. The van der Waals surface area contributed by atoms with E-state index in [0.717, 1.165) is 24.6 Å². The van der Waals surface area contributed by atoms with Gasteiger partial charge in [0.15, 0.2) is 0 Å². The first-order valence-corrected chi connectivity index (χ1v) is 7.01. The normalized spacial score (nSPS) is 10.5. The standard InChI is InChI=1S/C14H25N5O/c1-6-7-15-11-8-12(16-9-13(20)19(4)5)18-14(17-11)10(2)3/h8,10H,6-7,9H2,1-5H3,(H2,15,16,17,18). The van der Waals surface area contributed by atoms with Crippen LogP contribution in [0.2, 0.25) is 0 Å². The smallest absolute Gasteiger partial charge is 0.241 e. The predicted molar refractivity (Wildman–Crippen MR) is 82.1 cm³/mol. The molecule has 0 saturated carbocycles. The zero-order chi connectivity index (χ0) is 15.1. The number of aromatic nitrogens is 2. The van der Waals surface area contributed by atoms with Crippen LogP contribution < -0.4 is 10.6 Å². The highest BCUT2D eigenvalue weighted by Gasteiger charge is 2.09. The maximum atomic E-state index is 11.6. The van der Waals surface area contributed by atoms with Gasteiger partial charge in [-0.15, -0.1) is 0 Å². The number of anilines is 2. The first-order chi connectivity index (χ1) is 9.43. The molecule has 0 aliphatic heterocycles. The van der Waals surface area contributed by atoms with Crippen LogP contribution in [0.5, 0.6) is 0 Å². The van der Waals surface area contributed by atoms with Gasteiger partial charge in [0.25, 0.3) is 0 Å². The van der Waals surface area contributed by atoms with Crippen molar-refractivity contribution in [3.63, 3.8) is 0 Å². The molecule has 0 atom stereocenters. The molecule has 1 rings (SSSR count). The Kier molecular flexibility index (Phi) is 6.21. The SMILES string of the molecule is CCCNc1cc(NCC(=O)N(C)C)nc(C(C)C)n1. The van der Waals surface area contributed by atoms with Crippen LogP contribution in [-0.2, 0) is 4.79 Å². The van der Waals surface area contributed by atoms with Crippen molar-refractivity contribution < 1.29 is 4.79 Å². The van der Waals surface area contributed by atoms with Crippen LogP contribution in [0.1, 0.15) is 38.9 Å². The summed E-state index contributed by atoms with van der Waals surface area (Å²) in [5.41, 5.74) is 0. The molecular formula is C14H25N5O. The van der Waals surface area contributed by atoms with Crippen molar-refractivity contribution >= 4 is 17.5 Å². The fraction of sp³-hybridized carbons (Fsp3) is 0.643.